The predicted octanol–water partition coefficient (Wildman–Crippen LogP) is 0.745. The fraction of sp³-hybridized carbons (Fsp3) is 0.571. The Bertz CT molecular complexity index is 103. The van der Waals surface area contributed by atoms with Gasteiger partial charge in [-0.1, -0.05) is 6.92 Å². The summed E-state index contributed by atoms with van der Waals surface area (Å²) in [5.74, 6) is -0.894. The number of aliphatic carboxylic acids is 1. The Labute approximate surface area is 61.0 Å². The number of carboxylic acid groups (broad SMARTS) is 1. The van der Waals surface area contributed by atoms with E-state index in [9.17, 15) is 4.79 Å². The van der Waals surface area contributed by atoms with Crippen LogP contribution in [0.1, 0.15) is 13.3 Å². The SMILES string of the molecule is C#C.CCC(OC)C(=O)O. The van der Waals surface area contributed by atoms with Gasteiger partial charge in [-0.2, -0.15) is 0 Å². The molecule has 3 heteroatoms. The van der Waals surface area contributed by atoms with E-state index in [1.54, 1.807) is 6.92 Å². The van der Waals surface area contributed by atoms with Gasteiger partial charge in [-0.15, -0.1) is 12.8 Å². The molecule has 1 atom stereocenters. The van der Waals surface area contributed by atoms with E-state index >= 15 is 0 Å². The van der Waals surface area contributed by atoms with Crippen LogP contribution in [0.3, 0.4) is 0 Å². The molecule has 3 nitrogen and oxygen atoms in total. The molecule has 0 bridgehead atoms. The number of hydrogen-bond donors (Lipinski definition) is 1. The first-order chi connectivity index (χ1) is 4.72. The van der Waals surface area contributed by atoms with Gasteiger partial charge in [0.2, 0.25) is 0 Å². The van der Waals surface area contributed by atoms with E-state index in [0.717, 1.165) is 0 Å². The standard InChI is InChI=1S/C5H10O3.C2H2/c1-3-4(8-2)5(6)7;1-2/h4H,3H2,1-2H3,(H,6,7);1-2H. The molecule has 0 aromatic rings. The third-order valence-corrected chi connectivity index (χ3v) is 0.931. The Morgan fingerprint density at radius 3 is 2.10 bits per heavy atom. The zero-order valence-electron chi connectivity index (χ0n) is 6.20. The Morgan fingerprint density at radius 2 is 2.10 bits per heavy atom. The molecule has 0 radical (unpaired) electrons. The van der Waals surface area contributed by atoms with Crippen LogP contribution < -0.4 is 0 Å². The van der Waals surface area contributed by atoms with Crippen LogP contribution in [-0.4, -0.2) is 24.3 Å². The van der Waals surface area contributed by atoms with E-state index in [0.29, 0.717) is 6.42 Å². The number of terminal acetylenes is 1. The van der Waals surface area contributed by atoms with Gasteiger partial charge in [-0.3, -0.25) is 0 Å². The predicted molar refractivity (Wildman–Crippen MR) is 38.6 cm³/mol. The molecule has 1 unspecified atom stereocenters. The summed E-state index contributed by atoms with van der Waals surface area (Å²) in [7, 11) is 1.39. The second-order valence-corrected chi connectivity index (χ2v) is 1.47. The average molecular weight is 144 g/mol. The van der Waals surface area contributed by atoms with Crippen molar-refractivity contribution in [2.24, 2.45) is 0 Å². The number of carbonyl (C=O) groups is 1. The van der Waals surface area contributed by atoms with Gasteiger partial charge in [-0.05, 0) is 6.42 Å². The minimum Gasteiger partial charge on any atom is -0.479 e. The summed E-state index contributed by atoms with van der Waals surface area (Å²) < 4.78 is 4.56. The lowest BCUT2D eigenvalue weighted by molar-refractivity contribution is -0.148. The lowest BCUT2D eigenvalue weighted by Gasteiger charge is -2.04. The second kappa shape index (κ2) is 7.99. The number of carboxylic acids is 1. The van der Waals surface area contributed by atoms with E-state index in [1.165, 1.54) is 7.11 Å². The Morgan fingerprint density at radius 1 is 1.70 bits per heavy atom. The Hall–Kier alpha value is -1.01. The highest BCUT2D eigenvalue weighted by Gasteiger charge is 2.11. The largest absolute Gasteiger partial charge is 0.479 e. The summed E-state index contributed by atoms with van der Waals surface area (Å²) in [6.07, 6.45) is 7.89. The van der Waals surface area contributed by atoms with Gasteiger partial charge < -0.3 is 9.84 Å². The summed E-state index contributed by atoms with van der Waals surface area (Å²) in [6.45, 7) is 1.77. The zero-order chi connectivity index (χ0) is 8.57. The molecule has 58 valence electrons. The van der Waals surface area contributed by atoms with Crippen LogP contribution in [-0.2, 0) is 9.53 Å². The first-order valence-electron chi connectivity index (χ1n) is 2.81. The Balaban J connectivity index is 0. The summed E-state index contributed by atoms with van der Waals surface area (Å²) in [4.78, 5) is 10.0. The van der Waals surface area contributed by atoms with Crippen LogP contribution in [0.15, 0.2) is 0 Å². The normalized spacial score (nSPS) is 10.8. The van der Waals surface area contributed by atoms with E-state index in [4.69, 9.17) is 5.11 Å². The second-order valence-electron chi connectivity index (χ2n) is 1.47. The summed E-state index contributed by atoms with van der Waals surface area (Å²) >= 11 is 0. The fourth-order valence-corrected chi connectivity index (χ4v) is 0.442. The third-order valence-electron chi connectivity index (χ3n) is 0.931. The molecule has 1 N–H and O–H groups in total. The van der Waals surface area contributed by atoms with E-state index in [-0.39, 0.29) is 0 Å². The van der Waals surface area contributed by atoms with Crippen LogP contribution in [0.2, 0.25) is 0 Å². The molecule has 0 heterocycles. The highest BCUT2D eigenvalue weighted by Crippen LogP contribution is 1.93. The van der Waals surface area contributed by atoms with Crippen LogP contribution >= 0.6 is 0 Å². The van der Waals surface area contributed by atoms with Crippen molar-refractivity contribution in [3.05, 3.63) is 0 Å². The maximum absolute atomic E-state index is 10.0. The molecule has 10 heavy (non-hydrogen) atoms. The van der Waals surface area contributed by atoms with Gasteiger partial charge in [0, 0.05) is 7.11 Å². The van der Waals surface area contributed by atoms with Crippen LogP contribution in [0, 0.1) is 12.8 Å². The van der Waals surface area contributed by atoms with E-state index in [1.807, 2.05) is 0 Å². The van der Waals surface area contributed by atoms with Crippen molar-refractivity contribution in [1.82, 2.24) is 0 Å². The number of hydrogen-bond acceptors (Lipinski definition) is 2. The molecular formula is C7H12O3. The van der Waals surface area contributed by atoms with Gasteiger partial charge in [0.1, 0.15) is 0 Å². The van der Waals surface area contributed by atoms with Gasteiger partial charge in [-0.25, -0.2) is 4.79 Å². The molecule has 0 spiro atoms. The minimum absolute atomic E-state index is 0.520. The smallest absolute Gasteiger partial charge is 0.332 e. The van der Waals surface area contributed by atoms with Crippen molar-refractivity contribution in [1.29, 1.82) is 0 Å². The highest BCUT2D eigenvalue weighted by molar-refractivity contribution is 5.72. The number of methoxy groups -OCH3 is 1. The van der Waals surface area contributed by atoms with Crippen LogP contribution in [0.4, 0.5) is 0 Å². The first kappa shape index (κ1) is 11.7. The summed E-state index contributed by atoms with van der Waals surface area (Å²) in [5, 5.41) is 8.25. The quantitative estimate of drug-likeness (QED) is 0.594. The third kappa shape index (κ3) is 5.13. The van der Waals surface area contributed by atoms with Crippen LogP contribution in [0.5, 0.6) is 0 Å². The molecule has 0 saturated heterocycles. The summed E-state index contributed by atoms with van der Waals surface area (Å²) in [6, 6.07) is 0. The van der Waals surface area contributed by atoms with Crippen molar-refractivity contribution in [2.75, 3.05) is 7.11 Å². The van der Waals surface area contributed by atoms with E-state index < -0.39 is 12.1 Å². The van der Waals surface area contributed by atoms with Crippen molar-refractivity contribution < 1.29 is 14.6 Å². The van der Waals surface area contributed by atoms with Gasteiger partial charge in [0.25, 0.3) is 0 Å². The molecule has 0 aliphatic heterocycles. The number of ether oxygens (including phenoxy) is 1. The maximum atomic E-state index is 10.0. The maximum Gasteiger partial charge on any atom is 0.332 e. The molecule has 0 aromatic carbocycles. The molecule has 0 aliphatic carbocycles. The lowest BCUT2D eigenvalue weighted by Crippen LogP contribution is -2.20. The average Bonchev–Trinajstić information content (AvgIpc) is 1.94. The van der Waals surface area contributed by atoms with Gasteiger partial charge in [0.05, 0.1) is 0 Å². The molecular weight excluding hydrogens is 132 g/mol. The molecule has 0 rings (SSSR count). The van der Waals surface area contributed by atoms with E-state index in [2.05, 4.69) is 17.6 Å². The van der Waals surface area contributed by atoms with Gasteiger partial charge >= 0.3 is 5.97 Å². The Kier molecular flexibility index (Phi) is 9.39. The van der Waals surface area contributed by atoms with Crippen LogP contribution in [0.25, 0.3) is 0 Å². The first-order valence-corrected chi connectivity index (χ1v) is 2.81. The lowest BCUT2D eigenvalue weighted by atomic mass is 10.3. The van der Waals surface area contributed by atoms with Crippen molar-refractivity contribution in [2.45, 2.75) is 19.4 Å². The minimum atomic E-state index is -0.894. The molecule has 0 fully saturated rings. The summed E-state index contributed by atoms with van der Waals surface area (Å²) in [5.41, 5.74) is 0. The monoisotopic (exact) mass is 144 g/mol. The fourth-order valence-electron chi connectivity index (χ4n) is 0.442. The molecule has 0 amide bonds. The molecule has 0 saturated carbocycles. The number of rotatable bonds is 3. The molecule has 0 aromatic heterocycles. The van der Waals surface area contributed by atoms with Gasteiger partial charge in [0.15, 0.2) is 6.10 Å². The zero-order valence-corrected chi connectivity index (χ0v) is 6.20. The van der Waals surface area contributed by atoms with Crippen molar-refractivity contribution in [3.63, 3.8) is 0 Å². The van der Waals surface area contributed by atoms with Crippen molar-refractivity contribution in [3.8, 4) is 12.8 Å². The molecule has 0 aliphatic rings. The van der Waals surface area contributed by atoms with Crippen molar-refractivity contribution >= 4 is 5.97 Å². The highest BCUT2D eigenvalue weighted by atomic mass is 16.5. The topological polar surface area (TPSA) is 46.5 Å².